The lowest BCUT2D eigenvalue weighted by Crippen LogP contribution is -2.53. The van der Waals surface area contributed by atoms with Crippen molar-refractivity contribution >= 4 is 22.8 Å². The first-order chi connectivity index (χ1) is 10.5. The number of aryl methyl sites for hydroxylation is 1. The van der Waals surface area contributed by atoms with Crippen LogP contribution in [0.2, 0.25) is 0 Å². The minimum Gasteiger partial charge on any atom is -0.441 e. The number of aromatic nitrogens is 1. The van der Waals surface area contributed by atoms with Crippen LogP contribution in [0, 0.1) is 6.92 Å². The van der Waals surface area contributed by atoms with E-state index < -0.39 is 0 Å². The van der Waals surface area contributed by atoms with Gasteiger partial charge in [0.15, 0.2) is 11.5 Å². The maximum atomic E-state index is 12.4. The predicted molar refractivity (Wildman–Crippen MR) is 84.0 cm³/mol. The summed E-state index contributed by atoms with van der Waals surface area (Å²) in [5.74, 6) is 0.616. The van der Waals surface area contributed by atoms with Crippen molar-refractivity contribution in [3.8, 4) is 0 Å². The largest absolute Gasteiger partial charge is 0.441 e. The molecule has 6 nitrogen and oxygen atoms in total. The molecule has 1 N–H and O–H groups in total. The first-order valence-electron chi connectivity index (χ1n) is 7.56. The van der Waals surface area contributed by atoms with Crippen molar-refractivity contribution in [3.05, 3.63) is 24.1 Å². The Kier molecular flexibility index (Phi) is 3.78. The fourth-order valence-corrected chi connectivity index (χ4v) is 2.64. The van der Waals surface area contributed by atoms with Crippen LogP contribution in [0.15, 0.2) is 22.6 Å². The van der Waals surface area contributed by atoms with Gasteiger partial charge in [0.05, 0.1) is 18.8 Å². The second kappa shape index (κ2) is 5.61. The average molecular weight is 303 g/mol. The van der Waals surface area contributed by atoms with Gasteiger partial charge in [-0.2, -0.15) is 0 Å². The van der Waals surface area contributed by atoms with Crippen molar-refractivity contribution in [1.29, 1.82) is 0 Å². The molecular formula is C16H21N3O3. The summed E-state index contributed by atoms with van der Waals surface area (Å²) in [6.45, 7) is 7.68. The smallest absolute Gasteiger partial charge is 0.322 e. The van der Waals surface area contributed by atoms with E-state index in [1.165, 1.54) is 0 Å². The highest BCUT2D eigenvalue weighted by atomic mass is 16.5. The normalized spacial score (nSPS) is 22.0. The first-order valence-corrected chi connectivity index (χ1v) is 7.56. The maximum Gasteiger partial charge on any atom is 0.322 e. The molecule has 2 amide bonds. The predicted octanol–water partition coefficient (Wildman–Crippen LogP) is 3.17. The van der Waals surface area contributed by atoms with Crippen LogP contribution in [-0.4, -0.2) is 41.2 Å². The van der Waals surface area contributed by atoms with Gasteiger partial charge >= 0.3 is 6.03 Å². The number of anilines is 1. The van der Waals surface area contributed by atoms with E-state index in [2.05, 4.69) is 17.2 Å². The van der Waals surface area contributed by atoms with Crippen LogP contribution in [0.1, 0.15) is 26.2 Å². The number of benzene rings is 1. The molecule has 0 spiro atoms. The molecule has 1 aromatic carbocycles. The molecule has 0 radical (unpaired) electrons. The maximum absolute atomic E-state index is 12.4. The Morgan fingerprint density at radius 3 is 3.09 bits per heavy atom. The van der Waals surface area contributed by atoms with E-state index in [0.717, 1.165) is 23.2 Å². The van der Waals surface area contributed by atoms with Gasteiger partial charge in [0.25, 0.3) is 0 Å². The van der Waals surface area contributed by atoms with Gasteiger partial charge in [-0.3, -0.25) is 0 Å². The number of nitrogens with one attached hydrogen (secondary N) is 1. The van der Waals surface area contributed by atoms with E-state index in [1.54, 1.807) is 11.8 Å². The van der Waals surface area contributed by atoms with Crippen LogP contribution in [0.4, 0.5) is 10.5 Å². The number of urea groups is 1. The van der Waals surface area contributed by atoms with Crippen LogP contribution in [0.5, 0.6) is 0 Å². The van der Waals surface area contributed by atoms with E-state index in [1.807, 2.05) is 25.1 Å². The van der Waals surface area contributed by atoms with Crippen molar-refractivity contribution in [1.82, 2.24) is 9.88 Å². The monoisotopic (exact) mass is 303 g/mol. The minimum atomic E-state index is -0.261. The number of ether oxygens (including phenoxy) is 1. The lowest BCUT2D eigenvalue weighted by molar-refractivity contribution is -0.0860. The quantitative estimate of drug-likeness (QED) is 0.925. The fourth-order valence-electron chi connectivity index (χ4n) is 2.64. The summed E-state index contributed by atoms with van der Waals surface area (Å²) in [5.41, 5.74) is 1.93. The third kappa shape index (κ3) is 2.92. The summed E-state index contributed by atoms with van der Waals surface area (Å²) in [7, 11) is 0. The molecule has 6 heteroatoms. The molecule has 1 atom stereocenters. The number of amides is 2. The Morgan fingerprint density at radius 2 is 2.32 bits per heavy atom. The third-order valence-corrected chi connectivity index (χ3v) is 4.12. The minimum absolute atomic E-state index is 0.109. The molecule has 1 unspecified atom stereocenters. The molecule has 1 aliphatic heterocycles. The second-order valence-corrected chi connectivity index (χ2v) is 5.92. The highest BCUT2D eigenvalue weighted by molar-refractivity contribution is 5.91. The molecule has 3 rings (SSSR count). The molecule has 118 valence electrons. The molecule has 2 heterocycles. The summed E-state index contributed by atoms with van der Waals surface area (Å²) in [4.78, 5) is 18.5. The summed E-state index contributed by atoms with van der Waals surface area (Å²) >= 11 is 0. The van der Waals surface area contributed by atoms with Crippen molar-refractivity contribution in [3.63, 3.8) is 0 Å². The number of hydrogen-bond acceptors (Lipinski definition) is 4. The van der Waals surface area contributed by atoms with Crippen LogP contribution >= 0.6 is 0 Å². The van der Waals surface area contributed by atoms with Gasteiger partial charge in [0.1, 0.15) is 5.52 Å². The number of morpholine rings is 1. The first kappa shape index (κ1) is 14.8. The van der Waals surface area contributed by atoms with Gasteiger partial charge in [0, 0.05) is 19.2 Å². The van der Waals surface area contributed by atoms with Crippen molar-refractivity contribution in [2.24, 2.45) is 0 Å². The van der Waals surface area contributed by atoms with Crippen molar-refractivity contribution < 1.29 is 13.9 Å². The highest BCUT2D eigenvalue weighted by Crippen LogP contribution is 2.23. The summed E-state index contributed by atoms with van der Waals surface area (Å²) < 4.78 is 11.2. The van der Waals surface area contributed by atoms with Crippen LogP contribution in [-0.2, 0) is 4.74 Å². The molecular weight excluding hydrogens is 282 g/mol. The molecule has 0 bridgehead atoms. The van der Waals surface area contributed by atoms with E-state index in [0.29, 0.717) is 25.6 Å². The van der Waals surface area contributed by atoms with E-state index in [9.17, 15) is 4.79 Å². The summed E-state index contributed by atoms with van der Waals surface area (Å²) in [6.07, 6.45) is 0.876. The number of oxazole rings is 1. The Balaban J connectivity index is 1.72. The van der Waals surface area contributed by atoms with Crippen LogP contribution in [0.3, 0.4) is 0 Å². The number of fused-ring (bicyclic) bond motifs is 1. The third-order valence-electron chi connectivity index (χ3n) is 4.12. The van der Waals surface area contributed by atoms with Gasteiger partial charge in [-0.1, -0.05) is 6.92 Å². The van der Waals surface area contributed by atoms with Crippen LogP contribution < -0.4 is 5.32 Å². The average Bonchev–Trinajstić information content (AvgIpc) is 2.86. The lowest BCUT2D eigenvalue weighted by atomic mass is 10.0. The number of hydrogen-bond donors (Lipinski definition) is 1. The van der Waals surface area contributed by atoms with Crippen molar-refractivity contribution in [2.45, 2.75) is 32.8 Å². The number of carbonyl (C=O) groups is 1. The summed E-state index contributed by atoms with van der Waals surface area (Å²) in [6, 6.07) is 5.36. The Labute approximate surface area is 129 Å². The molecule has 1 fully saturated rings. The Morgan fingerprint density at radius 1 is 1.50 bits per heavy atom. The van der Waals surface area contributed by atoms with E-state index >= 15 is 0 Å². The standard InChI is InChI=1S/C16H21N3O3/c1-4-16(3)10-19(7-8-21-16)15(20)18-12-5-6-14-13(9-12)17-11(2)22-14/h5-6,9H,4,7-8,10H2,1-3H3,(H,18,20). The lowest BCUT2D eigenvalue weighted by Gasteiger charge is -2.39. The van der Waals surface area contributed by atoms with Crippen LogP contribution in [0.25, 0.3) is 11.1 Å². The van der Waals surface area contributed by atoms with Gasteiger partial charge in [0.2, 0.25) is 0 Å². The zero-order valence-corrected chi connectivity index (χ0v) is 13.2. The van der Waals surface area contributed by atoms with Crippen molar-refractivity contribution in [2.75, 3.05) is 25.0 Å². The van der Waals surface area contributed by atoms with Gasteiger partial charge in [-0.25, -0.2) is 9.78 Å². The van der Waals surface area contributed by atoms with Gasteiger partial charge in [-0.15, -0.1) is 0 Å². The van der Waals surface area contributed by atoms with E-state index in [-0.39, 0.29) is 11.6 Å². The number of carbonyl (C=O) groups excluding carboxylic acids is 1. The molecule has 22 heavy (non-hydrogen) atoms. The fraction of sp³-hybridized carbons (Fsp3) is 0.500. The molecule has 1 aliphatic rings. The summed E-state index contributed by atoms with van der Waals surface area (Å²) in [5, 5.41) is 2.92. The Hall–Kier alpha value is -2.08. The second-order valence-electron chi connectivity index (χ2n) is 5.92. The number of rotatable bonds is 2. The van der Waals surface area contributed by atoms with Gasteiger partial charge in [-0.05, 0) is 31.5 Å². The highest BCUT2D eigenvalue weighted by Gasteiger charge is 2.32. The topological polar surface area (TPSA) is 67.6 Å². The SMILES string of the molecule is CCC1(C)CN(C(=O)Nc2ccc3oc(C)nc3c2)CCO1. The molecule has 1 aromatic heterocycles. The molecule has 0 saturated carbocycles. The van der Waals surface area contributed by atoms with Gasteiger partial charge < -0.3 is 19.4 Å². The molecule has 0 aliphatic carbocycles. The Bertz CT molecular complexity index is 697. The zero-order chi connectivity index (χ0) is 15.7. The number of nitrogens with zero attached hydrogens (tertiary/aromatic N) is 2. The zero-order valence-electron chi connectivity index (χ0n) is 13.2. The van der Waals surface area contributed by atoms with E-state index in [4.69, 9.17) is 9.15 Å². The molecule has 1 saturated heterocycles. The molecule has 2 aromatic rings.